The standard InChI is InChI=1S/C16H22N4OS/c21-15(17-10-13-11-19-8-9-22-16(19)18-13)20-7-3-6-14(20)12-4-1-2-5-12/h8-9,11-12,14H,1-7,10H2,(H,17,21). The molecule has 1 N–H and O–H groups in total. The number of carbonyl (C=O) groups excluding carboxylic acids is 1. The number of hydrogen-bond donors (Lipinski definition) is 1. The lowest BCUT2D eigenvalue weighted by molar-refractivity contribution is 0.172. The number of imidazole rings is 1. The highest BCUT2D eigenvalue weighted by Gasteiger charge is 2.35. The van der Waals surface area contributed by atoms with E-state index in [0.717, 1.165) is 29.5 Å². The Morgan fingerprint density at radius 2 is 2.18 bits per heavy atom. The molecule has 1 aliphatic heterocycles. The third-order valence-electron chi connectivity index (χ3n) is 5.07. The first kappa shape index (κ1) is 14.1. The molecule has 1 saturated heterocycles. The van der Waals surface area contributed by atoms with Crippen molar-refractivity contribution >= 4 is 22.3 Å². The molecule has 0 radical (unpaired) electrons. The number of hydrogen-bond acceptors (Lipinski definition) is 3. The first-order valence-electron chi connectivity index (χ1n) is 8.27. The lowest BCUT2D eigenvalue weighted by Gasteiger charge is -2.29. The second-order valence-electron chi connectivity index (χ2n) is 6.43. The van der Waals surface area contributed by atoms with E-state index in [9.17, 15) is 4.79 Å². The maximum absolute atomic E-state index is 12.5. The molecular weight excluding hydrogens is 296 g/mol. The van der Waals surface area contributed by atoms with Gasteiger partial charge in [-0.25, -0.2) is 9.78 Å². The number of aromatic nitrogens is 2. The molecule has 1 atom stereocenters. The van der Waals surface area contributed by atoms with Crippen molar-refractivity contribution < 1.29 is 4.79 Å². The number of thiazole rings is 1. The Balaban J connectivity index is 1.37. The van der Waals surface area contributed by atoms with Crippen LogP contribution in [0.4, 0.5) is 4.79 Å². The number of urea groups is 1. The number of fused-ring (bicyclic) bond motifs is 1. The van der Waals surface area contributed by atoms with Gasteiger partial charge in [-0.1, -0.05) is 12.8 Å². The van der Waals surface area contributed by atoms with E-state index < -0.39 is 0 Å². The van der Waals surface area contributed by atoms with Crippen LogP contribution in [0.25, 0.3) is 4.96 Å². The van der Waals surface area contributed by atoms with Crippen LogP contribution in [0.2, 0.25) is 0 Å². The van der Waals surface area contributed by atoms with Gasteiger partial charge in [-0.15, -0.1) is 11.3 Å². The van der Waals surface area contributed by atoms with Crippen molar-refractivity contribution in [2.24, 2.45) is 5.92 Å². The second-order valence-corrected chi connectivity index (χ2v) is 7.30. The van der Waals surface area contributed by atoms with Crippen molar-refractivity contribution in [2.75, 3.05) is 6.54 Å². The normalized spacial score (nSPS) is 22.7. The summed E-state index contributed by atoms with van der Waals surface area (Å²) < 4.78 is 2.00. The van der Waals surface area contributed by atoms with Gasteiger partial charge in [-0.3, -0.25) is 4.40 Å². The van der Waals surface area contributed by atoms with Crippen molar-refractivity contribution in [3.63, 3.8) is 0 Å². The number of carbonyl (C=O) groups is 1. The van der Waals surface area contributed by atoms with Gasteiger partial charge in [-0.05, 0) is 31.6 Å². The summed E-state index contributed by atoms with van der Waals surface area (Å²) in [7, 11) is 0. The molecular formula is C16H22N4OS. The largest absolute Gasteiger partial charge is 0.332 e. The summed E-state index contributed by atoms with van der Waals surface area (Å²) in [6.07, 6.45) is 11.6. The number of nitrogens with one attached hydrogen (secondary N) is 1. The van der Waals surface area contributed by atoms with Crippen LogP contribution >= 0.6 is 11.3 Å². The van der Waals surface area contributed by atoms with E-state index in [-0.39, 0.29) is 6.03 Å². The van der Waals surface area contributed by atoms with Gasteiger partial charge >= 0.3 is 6.03 Å². The van der Waals surface area contributed by atoms with Crippen LogP contribution < -0.4 is 5.32 Å². The minimum atomic E-state index is 0.0887. The minimum Gasteiger partial charge on any atom is -0.332 e. The van der Waals surface area contributed by atoms with Crippen LogP contribution in [0.3, 0.4) is 0 Å². The van der Waals surface area contributed by atoms with Crippen LogP contribution in [-0.4, -0.2) is 32.9 Å². The first-order valence-corrected chi connectivity index (χ1v) is 9.15. The molecule has 0 bridgehead atoms. The molecule has 118 valence electrons. The monoisotopic (exact) mass is 318 g/mol. The van der Waals surface area contributed by atoms with Gasteiger partial charge < -0.3 is 10.2 Å². The average Bonchev–Trinajstić information content (AvgIpc) is 3.26. The third-order valence-corrected chi connectivity index (χ3v) is 5.84. The second kappa shape index (κ2) is 5.91. The van der Waals surface area contributed by atoms with E-state index in [0.29, 0.717) is 12.6 Å². The zero-order valence-corrected chi connectivity index (χ0v) is 13.5. The van der Waals surface area contributed by atoms with Gasteiger partial charge in [0.15, 0.2) is 4.96 Å². The van der Waals surface area contributed by atoms with Gasteiger partial charge in [0.05, 0.1) is 12.2 Å². The molecule has 1 aliphatic carbocycles. The van der Waals surface area contributed by atoms with Crippen LogP contribution in [0.1, 0.15) is 44.2 Å². The molecule has 2 aliphatic rings. The lowest BCUT2D eigenvalue weighted by Crippen LogP contribution is -2.45. The summed E-state index contributed by atoms with van der Waals surface area (Å²) in [6.45, 7) is 1.42. The highest BCUT2D eigenvalue weighted by atomic mass is 32.1. The summed E-state index contributed by atoms with van der Waals surface area (Å²) in [6, 6.07) is 0.554. The van der Waals surface area contributed by atoms with E-state index in [1.165, 1.54) is 32.1 Å². The van der Waals surface area contributed by atoms with Crippen molar-refractivity contribution in [1.82, 2.24) is 19.6 Å². The summed E-state index contributed by atoms with van der Waals surface area (Å²) in [5, 5.41) is 5.08. The first-order chi connectivity index (χ1) is 10.8. The Labute approximate surface area is 134 Å². The van der Waals surface area contributed by atoms with E-state index in [1.807, 2.05) is 22.2 Å². The number of amides is 2. The van der Waals surface area contributed by atoms with E-state index in [4.69, 9.17) is 0 Å². The Morgan fingerprint density at radius 1 is 1.32 bits per heavy atom. The number of rotatable bonds is 3. The van der Waals surface area contributed by atoms with Crippen LogP contribution in [0, 0.1) is 5.92 Å². The van der Waals surface area contributed by atoms with Gasteiger partial charge in [0, 0.05) is 30.4 Å². The SMILES string of the molecule is O=C(NCc1cn2ccsc2n1)N1CCCC1C1CCCC1. The fourth-order valence-corrected chi connectivity index (χ4v) is 4.72. The molecule has 4 rings (SSSR count). The molecule has 1 unspecified atom stereocenters. The molecule has 2 amide bonds. The molecule has 2 fully saturated rings. The quantitative estimate of drug-likeness (QED) is 0.944. The Kier molecular flexibility index (Phi) is 3.78. The summed E-state index contributed by atoms with van der Waals surface area (Å²) in [5.41, 5.74) is 0.928. The van der Waals surface area contributed by atoms with Crippen molar-refractivity contribution in [3.8, 4) is 0 Å². The number of likely N-dealkylation sites (tertiary alicyclic amines) is 1. The average molecular weight is 318 g/mol. The molecule has 1 saturated carbocycles. The van der Waals surface area contributed by atoms with E-state index in [1.54, 1.807) is 11.3 Å². The van der Waals surface area contributed by atoms with Gasteiger partial charge in [0.2, 0.25) is 0 Å². The maximum atomic E-state index is 12.5. The topological polar surface area (TPSA) is 49.6 Å². The van der Waals surface area contributed by atoms with E-state index in [2.05, 4.69) is 15.2 Å². The molecule has 6 heteroatoms. The van der Waals surface area contributed by atoms with Crippen LogP contribution in [0.5, 0.6) is 0 Å². The van der Waals surface area contributed by atoms with Crippen molar-refractivity contribution in [2.45, 2.75) is 51.1 Å². The summed E-state index contributed by atoms with van der Waals surface area (Å²) in [4.78, 5) is 20.1. The minimum absolute atomic E-state index is 0.0887. The molecule has 2 aromatic heterocycles. The highest BCUT2D eigenvalue weighted by molar-refractivity contribution is 7.15. The number of nitrogens with zero attached hydrogens (tertiary/aromatic N) is 3. The Bertz CT molecular complexity index is 629. The molecule has 5 nitrogen and oxygen atoms in total. The van der Waals surface area contributed by atoms with Gasteiger partial charge in [0.1, 0.15) is 0 Å². The zero-order valence-electron chi connectivity index (χ0n) is 12.7. The molecule has 0 aromatic carbocycles. The molecule has 0 spiro atoms. The lowest BCUT2D eigenvalue weighted by atomic mass is 9.96. The van der Waals surface area contributed by atoms with Gasteiger partial charge in [0.25, 0.3) is 0 Å². The van der Waals surface area contributed by atoms with Crippen molar-refractivity contribution in [1.29, 1.82) is 0 Å². The fourth-order valence-electron chi connectivity index (χ4n) is 4.01. The predicted octanol–water partition coefficient (Wildman–Crippen LogP) is 3.26. The van der Waals surface area contributed by atoms with Crippen LogP contribution in [0.15, 0.2) is 17.8 Å². The molecule has 2 aromatic rings. The Morgan fingerprint density at radius 3 is 3.00 bits per heavy atom. The molecule has 22 heavy (non-hydrogen) atoms. The smallest absolute Gasteiger partial charge is 0.317 e. The van der Waals surface area contributed by atoms with Crippen LogP contribution in [-0.2, 0) is 6.54 Å². The third kappa shape index (κ3) is 2.60. The predicted molar refractivity (Wildman–Crippen MR) is 87.0 cm³/mol. The molecule has 3 heterocycles. The zero-order chi connectivity index (χ0) is 14.9. The van der Waals surface area contributed by atoms with E-state index >= 15 is 0 Å². The highest BCUT2D eigenvalue weighted by Crippen LogP contribution is 2.35. The summed E-state index contributed by atoms with van der Waals surface area (Å²) >= 11 is 1.61. The Hall–Kier alpha value is -1.56. The van der Waals surface area contributed by atoms with Crippen molar-refractivity contribution in [3.05, 3.63) is 23.5 Å². The summed E-state index contributed by atoms with van der Waals surface area (Å²) in [5.74, 6) is 0.728. The maximum Gasteiger partial charge on any atom is 0.317 e. The van der Waals surface area contributed by atoms with Gasteiger partial charge in [-0.2, -0.15) is 0 Å². The fraction of sp³-hybridized carbons (Fsp3) is 0.625.